The lowest BCUT2D eigenvalue weighted by Crippen LogP contribution is -2.56. The minimum Gasteiger partial charge on any atom is -0.378 e. The van der Waals surface area contributed by atoms with Crippen LogP contribution in [-0.2, 0) is 9.47 Å². The molecule has 4 heteroatoms. The van der Waals surface area contributed by atoms with E-state index in [4.69, 9.17) is 15.3 Å². The maximum Gasteiger partial charge on any atom is 0.0850 e. The first-order valence-corrected chi connectivity index (χ1v) is 8.92. The van der Waals surface area contributed by atoms with Crippen LogP contribution in [0.2, 0.25) is 0 Å². The fourth-order valence-corrected chi connectivity index (χ4v) is 4.30. The van der Waals surface area contributed by atoms with Crippen LogP contribution in [0.3, 0.4) is 0 Å². The molecule has 124 valence electrons. The van der Waals surface area contributed by atoms with Crippen LogP contribution in [-0.4, -0.2) is 31.0 Å². The summed E-state index contributed by atoms with van der Waals surface area (Å²) in [4.78, 5) is 0. The third kappa shape index (κ3) is 4.65. The molecular formula is C17H34N2O2. The second-order valence-electron chi connectivity index (χ2n) is 6.98. The summed E-state index contributed by atoms with van der Waals surface area (Å²) in [5.74, 6) is 6.63. The molecule has 0 aromatic carbocycles. The van der Waals surface area contributed by atoms with Crippen LogP contribution in [0.15, 0.2) is 0 Å². The Labute approximate surface area is 130 Å². The summed E-state index contributed by atoms with van der Waals surface area (Å²) in [6, 6.07) is 0.265. The van der Waals surface area contributed by atoms with Crippen LogP contribution in [0.5, 0.6) is 0 Å². The van der Waals surface area contributed by atoms with Gasteiger partial charge in [0.2, 0.25) is 0 Å². The summed E-state index contributed by atoms with van der Waals surface area (Å²) in [6.07, 6.45) is 11.2. The largest absolute Gasteiger partial charge is 0.378 e. The summed E-state index contributed by atoms with van der Waals surface area (Å²) in [6.45, 7) is 6.16. The van der Waals surface area contributed by atoms with Gasteiger partial charge >= 0.3 is 0 Å². The van der Waals surface area contributed by atoms with Crippen LogP contribution in [0.25, 0.3) is 0 Å². The molecule has 0 aromatic heterocycles. The van der Waals surface area contributed by atoms with E-state index < -0.39 is 0 Å². The van der Waals surface area contributed by atoms with Gasteiger partial charge in [-0.1, -0.05) is 19.8 Å². The SMILES string of the molecule is CCOC1(C(CCCC2CCCO2)NN)CCCC(C)C1. The highest BCUT2D eigenvalue weighted by Gasteiger charge is 2.42. The van der Waals surface area contributed by atoms with Gasteiger partial charge in [-0.15, -0.1) is 0 Å². The number of nitrogens with two attached hydrogens (primary N) is 1. The average Bonchev–Trinajstić information content (AvgIpc) is 2.97. The van der Waals surface area contributed by atoms with Gasteiger partial charge in [0.1, 0.15) is 0 Å². The molecule has 1 aliphatic heterocycles. The van der Waals surface area contributed by atoms with Crippen molar-refractivity contribution < 1.29 is 9.47 Å². The van der Waals surface area contributed by atoms with Crippen molar-refractivity contribution in [3.05, 3.63) is 0 Å². The quantitative estimate of drug-likeness (QED) is 0.534. The fraction of sp³-hybridized carbons (Fsp3) is 1.00. The third-order valence-corrected chi connectivity index (χ3v) is 5.30. The minimum absolute atomic E-state index is 0.0578. The highest BCUT2D eigenvalue weighted by molar-refractivity contribution is 4.96. The molecule has 0 bridgehead atoms. The van der Waals surface area contributed by atoms with E-state index in [1.165, 1.54) is 32.1 Å². The van der Waals surface area contributed by atoms with Crippen molar-refractivity contribution in [2.75, 3.05) is 13.2 Å². The zero-order valence-corrected chi connectivity index (χ0v) is 13.9. The molecule has 3 N–H and O–H groups in total. The maximum absolute atomic E-state index is 6.24. The normalized spacial score (nSPS) is 35.0. The van der Waals surface area contributed by atoms with Crippen molar-refractivity contribution in [2.45, 2.75) is 89.4 Å². The van der Waals surface area contributed by atoms with Gasteiger partial charge in [-0.2, -0.15) is 0 Å². The maximum atomic E-state index is 6.24. The topological polar surface area (TPSA) is 56.5 Å². The van der Waals surface area contributed by atoms with Crippen molar-refractivity contribution in [1.29, 1.82) is 0 Å². The Balaban J connectivity index is 1.88. The summed E-state index contributed by atoms with van der Waals surface area (Å²) >= 11 is 0. The first kappa shape index (κ1) is 17.2. The second kappa shape index (κ2) is 8.47. The molecule has 4 unspecified atom stereocenters. The zero-order valence-electron chi connectivity index (χ0n) is 13.9. The van der Waals surface area contributed by atoms with Gasteiger partial charge < -0.3 is 9.47 Å². The van der Waals surface area contributed by atoms with E-state index in [1.54, 1.807) is 0 Å². The molecule has 2 fully saturated rings. The van der Waals surface area contributed by atoms with E-state index >= 15 is 0 Å². The van der Waals surface area contributed by atoms with Crippen LogP contribution in [0.4, 0.5) is 0 Å². The number of rotatable bonds is 8. The van der Waals surface area contributed by atoms with Crippen molar-refractivity contribution in [2.24, 2.45) is 11.8 Å². The van der Waals surface area contributed by atoms with Crippen molar-refractivity contribution in [3.63, 3.8) is 0 Å². The summed E-state index contributed by atoms with van der Waals surface area (Å²) < 4.78 is 12.0. The first-order valence-electron chi connectivity index (χ1n) is 8.92. The lowest BCUT2D eigenvalue weighted by molar-refractivity contribution is -0.102. The number of ether oxygens (including phenoxy) is 2. The number of hydrogen-bond acceptors (Lipinski definition) is 4. The van der Waals surface area contributed by atoms with Crippen molar-refractivity contribution in [3.8, 4) is 0 Å². The lowest BCUT2D eigenvalue weighted by Gasteiger charge is -2.45. The first-order chi connectivity index (χ1) is 10.2. The Morgan fingerprint density at radius 2 is 2.24 bits per heavy atom. The monoisotopic (exact) mass is 298 g/mol. The predicted molar refractivity (Wildman–Crippen MR) is 85.9 cm³/mol. The molecule has 1 saturated heterocycles. The lowest BCUT2D eigenvalue weighted by atomic mass is 9.73. The van der Waals surface area contributed by atoms with Gasteiger partial charge in [0.25, 0.3) is 0 Å². The third-order valence-electron chi connectivity index (χ3n) is 5.30. The summed E-state index contributed by atoms with van der Waals surface area (Å²) in [7, 11) is 0. The standard InChI is InChI=1S/C17H34N2O2/c1-3-21-17(11-5-7-14(2)13-17)16(19-18)10-4-8-15-9-6-12-20-15/h14-16,19H,3-13,18H2,1-2H3. The molecule has 4 nitrogen and oxygen atoms in total. The van der Waals surface area contributed by atoms with Gasteiger partial charge in [0.05, 0.1) is 17.7 Å². The predicted octanol–water partition coefficient (Wildman–Crippen LogP) is 3.15. The highest BCUT2D eigenvalue weighted by Crippen LogP contribution is 2.39. The molecule has 2 rings (SSSR count). The van der Waals surface area contributed by atoms with E-state index in [0.717, 1.165) is 44.8 Å². The van der Waals surface area contributed by atoms with E-state index in [1.807, 2.05) is 0 Å². The van der Waals surface area contributed by atoms with Gasteiger partial charge in [0, 0.05) is 13.2 Å². The highest BCUT2D eigenvalue weighted by atomic mass is 16.5. The van der Waals surface area contributed by atoms with Gasteiger partial charge in [-0.05, 0) is 57.8 Å². The minimum atomic E-state index is -0.0578. The van der Waals surface area contributed by atoms with E-state index in [-0.39, 0.29) is 11.6 Å². The molecule has 1 heterocycles. The Morgan fingerprint density at radius 3 is 2.86 bits per heavy atom. The summed E-state index contributed by atoms with van der Waals surface area (Å²) in [5.41, 5.74) is 3.02. The smallest absolute Gasteiger partial charge is 0.0850 e. The summed E-state index contributed by atoms with van der Waals surface area (Å²) in [5, 5.41) is 0. The molecule has 1 aliphatic carbocycles. The molecular weight excluding hydrogens is 264 g/mol. The Morgan fingerprint density at radius 1 is 1.38 bits per heavy atom. The molecule has 4 atom stereocenters. The molecule has 21 heavy (non-hydrogen) atoms. The van der Waals surface area contributed by atoms with Gasteiger partial charge in [-0.3, -0.25) is 11.3 Å². The number of hydrazine groups is 1. The van der Waals surface area contributed by atoms with E-state index in [0.29, 0.717) is 6.10 Å². The molecule has 0 radical (unpaired) electrons. The van der Waals surface area contributed by atoms with Crippen LogP contribution < -0.4 is 11.3 Å². The van der Waals surface area contributed by atoms with Crippen molar-refractivity contribution in [1.82, 2.24) is 5.43 Å². The molecule has 0 amide bonds. The second-order valence-corrected chi connectivity index (χ2v) is 6.98. The number of hydrogen-bond donors (Lipinski definition) is 2. The molecule has 0 aromatic rings. The Hall–Kier alpha value is -0.160. The van der Waals surface area contributed by atoms with E-state index in [2.05, 4.69) is 19.3 Å². The van der Waals surface area contributed by atoms with Crippen LogP contribution in [0, 0.1) is 5.92 Å². The number of nitrogens with one attached hydrogen (secondary N) is 1. The average molecular weight is 298 g/mol. The molecule has 2 aliphatic rings. The van der Waals surface area contributed by atoms with Gasteiger partial charge in [-0.25, -0.2) is 0 Å². The van der Waals surface area contributed by atoms with Crippen molar-refractivity contribution >= 4 is 0 Å². The Kier molecular flexibility index (Phi) is 6.93. The van der Waals surface area contributed by atoms with Gasteiger partial charge in [0.15, 0.2) is 0 Å². The van der Waals surface area contributed by atoms with Crippen LogP contribution >= 0.6 is 0 Å². The van der Waals surface area contributed by atoms with Crippen LogP contribution in [0.1, 0.15) is 71.6 Å². The fourth-order valence-electron chi connectivity index (χ4n) is 4.30. The zero-order chi connectivity index (χ0) is 15.1. The molecule has 0 spiro atoms. The Bertz CT molecular complexity index is 291. The van der Waals surface area contributed by atoms with E-state index in [9.17, 15) is 0 Å². The molecule has 1 saturated carbocycles.